The van der Waals surface area contributed by atoms with Crippen LogP contribution in [0.15, 0.2) is 36.4 Å². The van der Waals surface area contributed by atoms with Gasteiger partial charge >= 0.3 is 0 Å². The highest BCUT2D eigenvalue weighted by atomic mass is 35.5. The van der Waals surface area contributed by atoms with Gasteiger partial charge in [0.05, 0.1) is 10.5 Å². The van der Waals surface area contributed by atoms with Gasteiger partial charge in [0.15, 0.2) is 5.69 Å². The van der Waals surface area contributed by atoms with Gasteiger partial charge in [-0.15, -0.1) is 0 Å². The molecule has 2 aromatic carbocycles. The van der Waals surface area contributed by atoms with Crippen LogP contribution in [0.4, 0.5) is 10.1 Å². The molecule has 0 aliphatic heterocycles. The van der Waals surface area contributed by atoms with E-state index in [9.17, 15) is 18.8 Å². The minimum Gasteiger partial charge on any atom is -0.385 e. The average molecular weight is 583 g/mol. The van der Waals surface area contributed by atoms with E-state index in [1.807, 2.05) is 18.2 Å². The van der Waals surface area contributed by atoms with Crippen LogP contribution in [0.25, 0.3) is 10.9 Å². The molecule has 2 aliphatic rings. The summed E-state index contributed by atoms with van der Waals surface area (Å²) in [5.41, 5.74) is 7.62. The van der Waals surface area contributed by atoms with Crippen LogP contribution in [0.1, 0.15) is 61.0 Å². The molecule has 3 aromatic rings. The first kappa shape index (κ1) is 29.0. The molecule has 1 atom stereocenters. The van der Waals surface area contributed by atoms with Crippen LogP contribution in [-0.2, 0) is 22.7 Å². The van der Waals surface area contributed by atoms with Crippen molar-refractivity contribution >= 4 is 46.3 Å². The van der Waals surface area contributed by atoms with Gasteiger partial charge in [-0.1, -0.05) is 43.0 Å². The second-order valence-corrected chi connectivity index (χ2v) is 11.5. The third kappa shape index (κ3) is 6.87. The maximum absolute atomic E-state index is 14.3. The first-order valence-electron chi connectivity index (χ1n) is 14.3. The number of fused-ring (bicyclic) bond motifs is 1. The monoisotopic (exact) mass is 582 g/mol. The molecule has 2 amide bonds. The zero-order chi connectivity index (χ0) is 28.9. The molecule has 41 heavy (non-hydrogen) atoms. The maximum atomic E-state index is 14.3. The third-order valence-electron chi connectivity index (χ3n) is 8.03. The van der Waals surface area contributed by atoms with Crippen molar-refractivity contribution in [2.75, 3.05) is 18.4 Å². The Labute approximate surface area is 243 Å². The van der Waals surface area contributed by atoms with Crippen LogP contribution in [0, 0.1) is 11.7 Å². The van der Waals surface area contributed by atoms with E-state index in [0.29, 0.717) is 22.4 Å². The minimum absolute atomic E-state index is 0.0277. The van der Waals surface area contributed by atoms with Gasteiger partial charge in [-0.3, -0.25) is 14.3 Å². The van der Waals surface area contributed by atoms with Gasteiger partial charge in [-0.05, 0) is 55.9 Å². The van der Waals surface area contributed by atoms with Crippen molar-refractivity contribution in [2.24, 2.45) is 11.7 Å². The Kier molecular flexibility index (Phi) is 9.19. The average Bonchev–Trinajstić information content (AvgIpc) is 3.74. The molecule has 1 unspecified atom stereocenters. The maximum Gasteiger partial charge on any atom is 0.269 e. The SMILES string of the molecule is NC(=O)c1nn(CC(=O)N(C(C=O)CNCc2cccc(Cl)c2F)C2CC2)c2ccc(NCC3CCCCC3)cc12. The number of aldehydes is 1. The van der Waals surface area contributed by atoms with E-state index in [-0.39, 0.29) is 42.3 Å². The van der Waals surface area contributed by atoms with Gasteiger partial charge in [0.1, 0.15) is 24.7 Å². The highest BCUT2D eigenvalue weighted by Crippen LogP contribution is 2.30. The predicted octanol–water partition coefficient (Wildman–Crippen LogP) is 4.27. The molecule has 1 heterocycles. The van der Waals surface area contributed by atoms with Crippen molar-refractivity contribution in [1.29, 1.82) is 0 Å². The van der Waals surface area contributed by atoms with Crippen LogP contribution in [-0.4, -0.2) is 58.0 Å². The van der Waals surface area contributed by atoms with E-state index < -0.39 is 17.8 Å². The van der Waals surface area contributed by atoms with Gasteiger partial charge in [-0.25, -0.2) is 4.39 Å². The van der Waals surface area contributed by atoms with E-state index in [2.05, 4.69) is 15.7 Å². The summed E-state index contributed by atoms with van der Waals surface area (Å²) < 4.78 is 15.7. The van der Waals surface area contributed by atoms with Gasteiger partial charge in [0, 0.05) is 42.3 Å². The van der Waals surface area contributed by atoms with Crippen molar-refractivity contribution in [3.63, 3.8) is 0 Å². The van der Waals surface area contributed by atoms with E-state index in [0.717, 1.165) is 31.4 Å². The smallest absolute Gasteiger partial charge is 0.269 e. The number of nitrogens with two attached hydrogens (primary N) is 1. The van der Waals surface area contributed by atoms with Gasteiger partial charge in [-0.2, -0.15) is 5.10 Å². The van der Waals surface area contributed by atoms with E-state index in [4.69, 9.17) is 17.3 Å². The fraction of sp³-hybridized carbons (Fsp3) is 0.467. The summed E-state index contributed by atoms with van der Waals surface area (Å²) in [5, 5.41) is 11.6. The lowest BCUT2D eigenvalue weighted by atomic mass is 9.89. The second-order valence-electron chi connectivity index (χ2n) is 11.1. The number of rotatable bonds is 13. The number of carbonyl (C=O) groups is 3. The standard InChI is InChI=1S/C30H36ClFN6O3/c31-25-8-4-7-20(28(25)32)15-34-16-23(18-39)38(22-10-11-22)27(40)17-37-26-12-9-21(13-24(26)29(36-37)30(33)41)35-14-19-5-2-1-3-6-19/h4,7-9,12-13,18-19,22-23,34-35H,1-3,5-6,10-11,14-17H2,(H2,33,41). The number of amides is 2. The molecule has 4 N–H and O–H groups in total. The molecule has 2 fully saturated rings. The Morgan fingerprint density at radius 3 is 2.66 bits per heavy atom. The topological polar surface area (TPSA) is 122 Å². The molecule has 0 bridgehead atoms. The summed E-state index contributed by atoms with van der Waals surface area (Å²) in [6, 6.07) is 9.56. The van der Waals surface area contributed by atoms with Crippen molar-refractivity contribution in [3.8, 4) is 0 Å². The number of hydrogen-bond acceptors (Lipinski definition) is 6. The fourth-order valence-corrected chi connectivity index (χ4v) is 5.91. The number of anilines is 1. The molecule has 0 spiro atoms. The molecule has 2 aliphatic carbocycles. The summed E-state index contributed by atoms with van der Waals surface area (Å²) in [7, 11) is 0. The Morgan fingerprint density at radius 2 is 1.95 bits per heavy atom. The lowest BCUT2D eigenvalue weighted by Gasteiger charge is -2.29. The Bertz CT molecular complexity index is 1420. The lowest BCUT2D eigenvalue weighted by Crippen LogP contribution is -2.49. The van der Waals surface area contributed by atoms with E-state index in [1.165, 1.54) is 42.9 Å². The largest absolute Gasteiger partial charge is 0.385 e. The van der Waals surface area contributed by atoms with Crippen LogP contribution in [0.5, 0.6) is 0 Å². The number of halogens is 2. The van der Waals surface area contributed by atoms with Crippen molar-refractivity contribution in [2.45, 2.75) is 70.1 Å². The van der Waals surface area contributed by atoms with Crippen molar-refractivity contribution < 1.29 is 18.8 Å². The number of nitrogens with one attached hydrogen (secondary N) is 2. The lowest BCUT2D eigenvalue weighted by molar-refractivity contribution is -0.137. The molecule has 9 nitrogen and oxygen atoms in total. The van der Waals surface area contributed by atoms with Crippen molar-refractivity contribution in [1.82, 2.24) is 20.0 Å². The molecule has 0 saturated heterocycles. The Hall–Kier alpha value is -3.50. The summed E-state index contributed by atoms with van der Waals surface area (Å²) >= 11 is 5.87. The molecular weight excluding hydrogens is 547 g/mol. The molecule has 1 aromatic heterocycles. The van der Waals surface area contributed by atoms with Crippen molar-refractivity contribution in [3.05, 3.63) is 58.5 Å². The zero-order valence-electron chi connectivity index (χ0n) is 23.0. The number of carbonyl (C=O) groups excluding carboxylic acids is 3. The molecule has 5 rings (SSSR count). The van der Waals surface area contributed by atoms with Crippen LogP contribution in [0.2, 0.25) is 5.02 Å². The molecular formula is C30H36ClFN6O3. The van der Waals surface area contributed by atoms with E-state index >= 15 is 0 Å². The minimum atomic E-state index is -0.745. The van der Waals surface area contributed by atoms with Gasteiger partial charge in [0.25, 0.3) is 5.91 Å². The first-order chi connectivity index (χ1) is 19.9. The quantitative estimate of drug-likeness (QED) is 0.259. The van der Waals surface area contributed by atoms with Crippen LogP contribution < -0.4 is 16.4 Å². The summed E-state index contributed by atoms with van der Waals surface area (Å²) in [4.78, 5) is 39.5. The van der Waals surface area contributed by atoms with Gasteiger partial charge in [0.2, 0.25) is 5.91 Å². The Morgan fingerprint density at radius 1 is 1.17 bits per heavy atom. The van der Waals surface area contributed by atoms with E-state index in [1.54, 1.807) is 17.0 Å². The second kappa shape index (κ2) is 13.0. The summed E-state index contributed by atoms with van der Waals surface area (Å²) in [6.07, 6.45) is 8.57. The zero-order valence-corrected chi connectivity index (χ0v) is 23.7. The fourth-order valence-electron chi connectivity index (χ4n) is 5.72. The third-order valence-corrected chi connectivity index (χ3v) is 8.32. The molecule has 0 radical (unpaired) electrons. The molecule has 2 saturated carbocycles. The van der Waals surface area contributed by atoms with Crippen LogP contribution >= 0.6 is 11.6 Å². The molecule has 11 heteroatoms. The predicted molar refractivity (Wildman–Crippen MR) is 156 cm³/mol. The number of hydrogen-bond donors (Lipinski definition) is 3. The highest BCUT2D eigenvalue weighted by Gasteiger charge is 2.37. The normalized spacial score (nSPS) is 16.4. The highest BCUT2D eigenvalue weighted by molar-refractivity contribution is 6.30. The number of aromatic nitrogens is 2. The molecule has 218 valence electrons. The summed E-state index contributed by atoms with van der Waals surface area (Å²) in [5.74, 6) is -0.843. The summed E-state index contributed by atoms with van der Waals surface area (Å²) in [6.45, 7) is 1.03. The number of nitrogens with zero attached hydrogens (tertiary/aromatic N) is 3. The first-order valence-corrected chi connectivity index (χ1v) is 14.7. The van der Waals surface area contributed by atoms with Crippen LogP contribution in [0.3, 0.4) is 0 Å². The Balaban J connectivity index is 1.29. The number of benzene rings is 2. The number of primary amides is 1. The van der Waals surface area contributed by atoms with Gasteiger partial charge < -0.3 is 26.1 Å².